The first kappa shape index (κ1) is 20.6. The summed E-state index contributed by atoms with van der Waals surface area (Å²) in [6, 6.07) is 11.9. The molecule has 148 valence electrons. The Balaban J connectivity index is 1.71. The fourth-order valence-electron chi connectivity index (χ4n) is 3.71. The smallest absolute Gasteiger partial charge is 0.255 e. The lowest BCUT2D eigenvalue weighted by molar-refractivity contribution is -0.124. The van der Waals surface area contributed by atoms with Gasteiger partial charge in [-0.15, -0.1) is 11.8 Å². The van der Waals surface area contributed by atoms with E-state index in [1.165, 1.54) is 0 Å². The highest BCUT2D eigenvalue weighted by Crippen LogP contribution is 2.29. The molecular formula is C23H28N2O2S. The summed E-state index contributed by atoms with van der Waals surface area (Å²) >= 11 is 1.68. The fraction of sp³-hybridized carbons (Fsp3) is 0.435. The zero-order valence-corrected chi connectivity index (χ0v) is 17.7. The summed E-state index contributed by atoms with van der Waals surface area (Å²) in [5.41, 5.74) is 2.53. The van der Waals surface area contributed by atoms with Gasteiger partial charge in [0.2, 0.25) is 0 Å². The number of benzene rings is 1. The molecule has 0 aliphatic carbocycles. The number of carbonyl (C=O) groups excluding carboxylic acids is 2. The molecule has 3 rings (SSSR count). The van der Waals surface area contributed by atoms with Gasteiger partial charge in [-0.1, -0.05) is 32.0 Å². The van der Waals surface area contributed by atoms with Crippen LogP contribution in [0.15, 0.2) is 47.5 Å². The summed E-state index contributed by atoms with van der Waals surface area (Å²) in [4.78, 5) is 32.9. The number of ketones is 1. The lowest BCUT2D eigenvalue weighted by atomic mass is 9.89. The lowest BCUT2D eigenvalue weighted by Gasteiger charge is -2.32. The van der Waals surface area contributed by atoms with Crippen molar-refractivity contribution in [1.29, 1.82) is 0 Å². The largest absolute Gasteiger partial charge is 0.338 e. The SMILES string of the molecule is CSc1ccccc1-c1ccc(C(=O)N2CCC[C@H](C(=O)CC(C)C)C2)cn1. The summed E-state index contributed by atoms with van der Waals surface area (Å²) in [5, 5.41) is 0. The van der Waals surface area contributed by atoms with E-state index in [2.05, 4.69) is 24.9 Å². The van der Waals surface area contributed by atoms with Crippen LogP contribution in [0.5, 0.6) is 0 Å². The van der Waals surface area contributed by atoms with Crippen LogP contribution in [0.3, 0.4) is 0 Å². The first-order chi connectivity index (χ1) is 13.5. The van der Waals surface area contributed by atoms with Crippen molar-refractivity contribution in [3.8, 4) is 11.3 Å². The van der Waals surface area contributed by atoms with Crippen LogP contribution in [0.2, 0.25) is 0 Å². The van der Waals surface area contributed by atoms with E-state index in [0.29, 0.717) is 31.0 Å². The minimum atomic E-state index is -0.0285. The molecule has 0 unspecified atom stereocenters. The molecule has 5 heteroatoms. The van der Waals surface area contributed by atoms with Gasteiger partial charge in [-0.25, -0.2) is 0 Å². The molecule has 0 bridgehead atoms. The highest BCUT2D eigenvalue weighted by molar-refractivity contribution is 7.98. The van der Waals surface area contributed by atoms with Crippen LogP contribution in [-0.2, 0) is 4.79 Å². The molecule has 1 amide bonds. The van der Waals surface area contributed by atoms with Crippen molar-refractivity contribution in [2.75, 3.05) is 19.3 Å². The van der Waals surface area contributed by atoms with Gasteiger partial charge in [-0.3, -0.25) is 14.6 Å². The van der Waals surface area contributed by atoms with Crippen molar-refractivity contribution in [3.63, 3.8) is 0 Å². The van der Waals surface area contributed by atoms with Gasteiger partial charge in [0.25, 0.3) is 5.91 Å². The molecule has 28 heavy (non-hydrogen) atoms. The first-order valence-corrected chi connectivity index (χ1v) is 11.1. The van der Waals surface area contributed by atoms with Crippen molar-refractivity contribution in [2.45, 2.75) is 38.0 Å². The number of hydrogen-bond acceptors (Lipinski definition) is 4. The molecule has 1 aromatic heterocycles. The van der Waals surface area contributed by atoms with E-state index in [1.54, 1.807) is 18.0 Å². The minimum Gasteiger partial charge on any atom is -0.338 e. The maximum atomic E-state index is 12.9. The van der Waals surface area contributed by atoms with Gasteiger partial charge in [-0.05, 0) is 43.2 Å². The predicted octanol–water partition coefficient (Wildman–Crippen LogP) is 4.94. The van der Waals surface area contributed by atoms with Gasteiger partial charge in [0.1, 0.15) is 5.78 Å². The Morgan fingerprint density at radius 1 is 1.21 bits per heavy atom. The number of rotatable bonds is 6. The molecule has 1 aliphatic heterocycles. The van der Waals surface area contributed by atoms with Crippen LogP contribution in [0.1, 0.15) is 43.5 Å². The molecule has 0 N–H and O–H groups in total. The maximum absolute atomic E-state index is 12.9. The van der Waals surface area contributed by atoms with Gasteiger partial charge >= 0.3 is 0 Å². The van der Waals surface area contributed by atoms with Crippen molar-refractivity contribution in [1.82, 2.24) is 9.88 Å². The number of likely N-dealkylation sites (tertiary alicyclic amines) is 1. The number of piperidine rings is 1. The molecule has 2 aromatic rings. The Morgan fingerprint density at radius 2 is 2.00 bits per heavy atom. The minimum absolute atomic E-state index is 0.0270. The molecule has 1 aliphatic rings. The Labute approximate surface area is 171 Å². The zero-order chi connectivity index (χ0) is 20.1. The van der Waals surface area contributed by atoms with Crippen molar-refractivity contribution in [3.05, 3.63) is 48.2 Å². The third kappa shape index (κ3) is 4.82. The Morgan fingerprint density at radius 3 is 2.68 bits per heavy atom. The Kier molecular flexibility index (Phi) is 6.89. The Hall–Kier alpha value is -2.14. The quantitative estimate of drug-likeness (QED) is 0.649. The van der Waals surface area contributed by atoms with E-state index in [9.17, 15) is 9.59 Å². The van der Waals surface area contributed by atoms with Gasteiger partial charge < -0.3 is 4.90 Å². The molecule has 1 atom stereocenters. The van der Waals surface area contributed by atoms with Crippen LogP contribution >= 0.6 is 11.8 Å². The second-order valence-electron chi connectivity index (χ2n) is 7.79. The molecule has 1 saturated heterocycles. The highest BCUT2D eigenvalue weighted by Gasteiger charge is 2.29. The summed E-state index contributed by atoms with van der Waals surface area (Å²) in [6.07, 6.45) is 6.07. The average Bonchev–Trinajstić information content (AvgIpc) is 2.73. The van der Waals surface area contributed by atoms with E-state index in [4.69, 9.17) is 0 Å². The van der Waals surface area contributed by atoms with Crippen molar-refractivity contribution in [2.24, 2.45) is 11.8 Å². The van der Waals surface area contributed by atoms with E-state index in [-0.39, 0.29) is 17.6 Å². The third-order valence-corrected chi connectivity index (χ3v) is 5.96. The molecule has 4 nitrogen and oxygen atoms in total. The fourth-order valence-corrected chi connectivity index (χ4v) is 4.32. The van der Waals surface area contributed by atoms with E-state index < -0.39 is 0 Å². The normalized spacial score (nSPS) is 17.0. The standard InChI is InChI=1S/C23H28N2O2S/c1-16(2)13-21(26)18-7-6-12-25(15-18)23(27)17-10-11-20(24-14-17)19-8-4-5-9-22(19)28-3/h4-5,8-11,14,16,18H,6-7,12-13,15H2,1-3H3/t18-/m0/s1. The monoisotopic (exact) mass is 396 g/mol. The molecular weight excluding hydrogens is 368 g/mol. The van der Waals surface area contributed by atoms with E-state index >= 15 is 0 Å². The number of nitrogens with zero attached hydrogens (tertiary/aromatic N) is 2. The predicted molar refractivity (Wildman–Crippen MR) is 115 cm³/mol. The van der Waals surface area contributed by atoms with Gasteiger partial charge in [0.05, 0.1) is 11.3 Å². The number of Topliss-reactive ketones (excluding diaryl/α,β-unsaturated/α-hetero) is 1. The van der Waals surface area contributed by atoms with E-state index in [0.717, 1.165) is 29.0 Å². The topological polar surface area (TPSA) is 50.3 Å². The average molecular weight is 397 g/mol. The summed E-state index contributed by atoms with van der Waals surface area (Å²) in [7, 11) is 0. The van der Waals surface area contributed by atoms with Crippen molar-refractivity contribution < 1.29 is 9.59 Å². The van der Waals surface area contributed by atoms with Gasteiger partial charge in [0, 0.05) is 42.1 Å². The van der Waals surface area contributed by atoms with E-state index in [1.807, 2.05) is 41.5 Å². The van der Waals surface area contributed by atoms with Crippen molar-refractivity contribution >= 4 is 23.5 Å². The third-order valence-electron chi connectivity index (χ3n) is 5.17. The van der Waals surface area contributed by atoms with Crippen LogP contribution < -0.4 is 0 Å². The van der Waals surface area contributed by atoms with Crippen LogP contribution in [0, 0.1) is 11.8 Å². The first-order valence-electron chi connectivity index (χ1n) is 9.91. The molecule has 1 aromatic carbocycles. The molecule has 0 saturated carbocycles. The lowest BCUT2D eigenvalue weighted by Crippen LogP contribution is -2.42. The summed E-state index contributed by atoms with van der Waals surface area (Å²) < 4.78 is 0. The molecule has 1 fully saturated rings. The van der Waals surface area contributed by atoms with Crippen LogP contribution in [0.25, 0.3) is 11.3 Å². The van der Waals surface area contributed by atoms with Crippen LogP contribution in [0.4, 0.5) is 0 Å². The number of thioether (sulfide) groups is 1. The van der Waals surface area contributed by atoms with Gasteiger partial charge in [-0.2, -0.15) is 0 Å². The Bertz CT molecular complexity index is 833. The van der Waals surface area contributed by atoms with Crippen LogP contribution in [-0.4, -0.2) is 40.9 Å². The second-order valence-corrected chi connectivity index (χ2v) is 8.64. The number of pyridine rings is 1. The molecule has 2 heterocycles. The summed E-state index contributed by atoms with van der Waals surface area (Å²) in [6.45, 7) is 5.36. The number of hydrogen-bond donors (Lipinski definition) is 0. The molecule has 0 radical (unpaired) electrons. The zero-order valence-electron chi connectivity index (χ0n) is 16.9. The summed E-state index contributed by atoms with van der Waals surface area (Å²) in [5.74, 6) is 0.592. The number of carbonyl (C=O) groups is 2. The number of aromatic nitrogens is 1. The number of amides is 1. The molecule has 0 spiro atoms. The van der Waals surface area contributed by atoms with Gasteiger partial charge in [0.15, 0.2) is 0 Å². The highest BCUT2D eigenvalue weighted by atomic mass is 32.2. The maximum Gasteiger partial charge on any atom is 0.255 e. The second kappa shape index (κ2) is 9.37.